The van der Waals surface area contributed by atoms with Crippen LogP contribution >= 0.6 is 0 Å². The number of imidazole rings is 1. The highest BCUT2D eigenvalue weighted by Gasteiger charge is 2.12. The summed E-state index contributed by atoms with van der Waals surface area (Å²) in [5, 5.41) is 0. The van der Waals surface area contributed by atoms with Crippen molar-refractivity contribution in [2.75, 3.05) is 7.11 Å². The van der Waals surface area contributed by atoms with Gasteiger partial charge in [0.15, 0.2) is 0 Å². The number of benzene rings is 1. The third-order valence-electron chi connectivity index (χ3n) is 3.14. The Balaban J connectivity index is 2.59. The molecule has 0 amide bonds. The molecule has 2 rings (SSSR count). The molecule has 0 aliphatic rings. The molecule has 0 atom stereocenters. The van der Waals surface area contributed by atoms with Crippen molar-refractivity contribution in [3.63, 3.8) is 0 Å². The number of carbonyl (C=O) groups is 1. The summed E-state index contributed by atoms with van der Waals surface area (Å²) in [6, 6.07) is 4.13. The predicted molar refractivity (Wildman–Crippen MR) is 70.9 cm³/mol. The second kappa shape index (κ2) is 5.21. The second-order valence-electron chi connectivity index (χ2n) is 4.30. The molecule has 0 N–H and O–H groups in total. The Morgan fingerprint density at radius 2 is 2.11 bits per heavy atom. The van der Waals surface area contributed by atoms with Crippen molar-refractivity contribution in [3.05, 3.63) is 29.6 Å². The van der Waals surface area contributed by atoms with Gasteiger partial charge < -0.3 is 4.74 Å². The number of fused-ring (bicyclic) bond motifs is 1. The van der Waals surface area contributed by atoms with E-state index >= 15 is 0 Å². The summed E-state index contributed by atoms with van der Waals surface area (Å²) in [5.74, 6) is 0. The van der Waals surface area contributed by atoms with E-state index in [1.165, 1.54) is 29.1 Å². The molecule has 1 aromatic carbocycles. The lowest BCUT2D eigenvalue weighted by atomic mass is 10.0. The molecule has 0 saturated carbocycles. The first-order chi connectivity index (χ1) is 8.71. The molecule has 1 heterocycles. The molecule has 18 heavy (non-hydrogen) atoms. The first-order valence-corrected chi connectivity index (χ1v) is 6.28. The van der Waals surface area contributed by atoms with Gasteiger partial charge in [0.2, 0.25) is 0 Å². The molecule has 2 aromatic rings. The molecule has 0 saturated heterocycles. The average Bonchev–Trinajstić information content (AvgIpc) is 2.80. The number of hydrogen-bond donors (Lipinski definition) is 0. The quantitative estimate of drug-likeness (QED) is 0.835. The van der Waals surface area contributed by atoms with Crippen LogP contribution in [0.4, 0.5) is 4.79 Å². The molecule has 1 aromatic heterocycles. The van der Waals surface area contributed by atoms with E-state index in [-0.39, 0.29) is 0 Å². The third kappa shape index (κ3) is 2.10. The summed E-state index contributed by atoms with van der Waals surface area (Å²) in [7, 11) is 1.38. The Hall–Kier alpha value is -1.84. The molecule has 0 fully saturated rings. The summed E-state index contributed by atoms with van der Waals surface area (Å²) < 4.78 is 6.20. The van der Waals surface area contributed by atoms with Gasteiger partial charge in [-0.1, -0.05) is 20.3 Å². The fourth-order valence-electron chi connectivity index (χ4n) is 2.22. The fourth-order valence-corrected chi connectivity index (χ4v) is 2.22. The van der Waals surface area contributed by atoms with E-state index in [1.807, 2.05) is 0 Å². The predicted octanol–water partition coefficient (Wildman–Crippen LogP) is 3.17. The minimum absolute atomic E-state index is 0.399. The molecule has 0 aliphatic heterocycles. The molecule has 0 spiro atoms. The number of methoxy groups -OCH3 is 1. The Labute approximate surface area is 107 Å². The minimum atomic E-state index is -0.399. The van der Waals surface area contributed by atoms with Gasteiger partial charge in [0, 0.05) is 0 Å². The SMILES string of the molecule is CCCc1cc2c(cc1CC)ncn2C(=O)OC. The molecule has 0 aliphatic carbocycles. The lowest BCUT2D eigenvalue weighted by Crippen LogP contribution is -2.10. The van der Waals surface area contributed by atoms with Crippen molar-refractivity contribution >= 4 is 17.1 Å². The summed E-state index contributed by atoms with van der Waals surface area (Å²) >= 11 is 0. The van der Waals surface area contributed by atoms with Gasteiger partial charge >= 0.3 is 6.09 Å². The first kappa shape index (κ1) is 12.6. The van der Waals surface area contributed by atoms with Crippen molar-refractivity contribution in [1.29, 1.82) is 0 Å². The summed E-state index contributed by atoms with van der Waals surface area (Å²) in [6.07, 6.45) is 4.21. The van der Waals surface area contributed by atoms with Crippen molar-refractivity contribution in [1.82, 2.24) is 9.55 Å². The van der Waals surface area contributed by atoms with Crippen molar-refractivity contribution < 1.29 is 9.53 Å². The van der Waals surface area contributed by atoms with Crippen molar-refractivity contribution in [2.45, 2.75) is 33.1 Å². The van der Waals surface area contributed by atoms with Gasteiger partial charge in [0.25, 0.3) is 0 Å². The molecular formula is C14H18N2O2. The Morgan fingerprint density at radius 1 is 1.33 bits per heavy atom. The van der Waals surface area contributed by atoms with Crippen LogP contribution < -0.4 is 0 Å². The second-order valence-corrected chi connectivity index (χ2v) is 4.30. The van der Waals surface area contributed by atoms with Crippen LogP contribution in [0.25, 0.3) is 11.0 Å². The minimum Gasteiger partial charge on any atom is -0.452 e. The lowest BCUT2D eigenvalue weighted by molar-refractivity contribution is 0.174. The van der Waals surface area contributed by atoms with Gasteiger partial charge in [-0.3, -0.25) is 0 Å². The number of ether oxygens (including phenoxy) is 1. The maximum Gasteiger partial charge on any atom is 0.419 e. The van der Waals surface area contributed by atoms with Crippen LogP contribution in [0, 0.1) is 0 Å². The highest BCUT2D eigenvalue weighted by atomic mass is 16.5. The number of carbonyl (C=O) groups excluding carboxylic acids is 1. The van der Waals surface area contributed by atoms with E-state index in [9.17, 15) is 4.79 Å². The molecule has 4 heteroatoms. The Morgan fingerprint density at radius 3 is 2.72 bits per heavy atom. The van der Waals surface area contributed by atoms with E-state index in [2.05, 4.69) is 31.0 Å². The standard InChI is InChI=1S/C14H18N2O2/c1-4-6-11-8-13-12(7-10(11)5-2)15-9-16(13)14(17)18-3/h7-9H,4-6H2,1-3H3. The van der Waals surface area contributed by atoms with E-state index in [0.29, 0.717) is 0 Å². The molecular weight excluding hydrogens is 228 g/mol. The van der Waals surface area contributed by atoms with Crippen LogP contribution in [0.15, 0.2) is 18.5 Å². The molecule has 0 unspecified atom stereocenters. The maximum atomic E-state index is 11.6. The molecule has 0 bridgehead atoms. The van der Waals surface area contributed by atoms with Crippen LogP contribution in [0.5, 0.6) is 0 Å². The zero-order valence-corrected chi connectivity index (χ0v) is 11.1. The van der Waals surface area contributed by atoms with E-state index in [0.717, 1.165) is 30.3 Å². The van der Waals surface area contributed by atoms with Crippen LogP contribution in [-0.2, 0) is 17.6 Å². The van der Waals surface area contributed by atoms with E-state index in [1.54, 1.807) is 0 Å². The average molecular weight is 246 g/mol. The van der Waals surface area contributed by atoms with E-state index in [4.69, 9.17) is 4.74 Å². The summed E-state index contributed by atoms with van der Waals surface area (Å²) in [4.78, 5) is 15.9. The van der Waals surface area contributed by atoms with Gasteiger partial charge in [0.1, 0.15) is 6.33 Å². The highest BCUT2D eigenvalue weighted by Crippen LogP contribution is 2.21. The fraction of sp³-hybridized carbons (Fsp3) is 0.429. The molecule has 96 valence electrons. The summed E-state index contributed by atoms with van der Waals surface area (Å²) in [5.41, 5.74) is 4.26. The van der Waals surface area contributed by atoms with Gasteiger partial charge in [-0.15, -0.1) is 0 Å². The first-order valence-electron chi connectivity index (χ1n) is 6.28. The molecule has 4 nitrogen and oxygen atoms in total. The smallest absolute Gasteiger partial charge is 0.419 e. The number of aromatic nitrogens is 2. The van der Waals surface area contributed by atoms with Crippen LogP contribution in [0.1, 0.15) is 31.4 Å². The van der Waals surface area contributed by atoms with E-state index < -0.39 is 6.09 Å². The number of rotatable bonds is 3. The Bertz CT molecular complexity index is 572. The monoisotopic (exact) mass is 246 g/mol. The van der Waals surface area contributed by atoms with Crippen LogP contribution in [0.3, 0.4) is 0 Å². The lowest BCUT2D eigenvalue weighted by Gasteiger charge is -2.08. The molecule has 0 radical (unpaired) electrons. The number of nitrogens with zero attached hydrogens (tertiary/aromatic N) is 2. The number of hydrogen-bond acceptors (Lipinski definition) is 3. The highest BCUT2D eigenvalue weighted by molar-refractivity contribution is 5.87. The Kier molecular flexibility index (Phi) is 3.65. The zero-order chi connectivity index (χ0) is 13.1. The topological polar surface area (TPSA) is 44.1 Å². The third-order valence-corrected chi connectivity index (χ3v) is 3.14. The van der Waals surface area contributed by atoms with Crippen molar-refractivity contribution in [2.24, 2.45) is 0 Å². The van der Waals surface area contributed by atoms with Gasteiger partial charge in [0.05, 0.1) is 18.1 Å². The largest absolute Gasteiger partial charge is 0.452 e. The maximum absolute atomic E-state index is 11.6. The van der Waals surface area contributed by atoms with Crippen LogP contribution in [-0.4, -0.2) is 22.8 Å². The van der Waals surface area contributed by atoms with Crippen molar-refractivity contribution in [3.8, 4) is 0 Å². The summed E-state index contributed by atoms with van der Waals surface area (Å²) in [6.45, 7) is 4.29. The van der Waals surface area contributed by atoms with Gasteiger partial charge in [-0.25, -0.2) is 14.3 Å². The van der Waals surface area contributed by atoms with Crippen LogP contribution in [0.2, 0.25) is 0 Å². The van der Waals surface area contributed by atoms with Gasteiger partial charge in [-0.2, -0.15) is 0 Å². The zero-order valence-electron chi connectivity index (χ0n) is 11.1. The normalized spacial score (nSPS) is 10.8. The number of aryl methyl sites for hydroxylation is 2. The van der Waals surface area contributed by atoms with Gasteiger partial charge in [-0.05, 0) is 36.1 Å².